The van der Waals surface area contributed by atoms with E-state index in [0.717, 1.165) is 31.4 Å². The molecule has 2 atom stereocenters. The van der Waals surface area contributed by atoms with E-state index in [-0.39, 0.29) is 36.0 Å². The molecular weight excluding hydrogens is 498 g/mol. The number of hydrogen-bond donors (Lipinski definition) is 1. The lowest BCUT2D eigenvalue weighted by Crippen LogP contribution is -2.30. The third-order valence-corrected chi connectivity index (χ3v) is 8.40. The van der Waals surface area contributed by atoms with Crippen molar-refractivity contribution >= 4 is 27.5 Å². The lowest BCUT2D eigenvalue weighted by molar-refractivity contribution is -0.110. The second kappa shape index (κ2) is 12.1. The Kier molecular flexibility index (Phi) is 8.85. The Bertz CT molecular complexity index is 1200. The standard InChI is InChI=1S/C25H33N5O6S/c1-30(12-13-34-2)37(32,33)21-10-6-18(7-11-21)24(29-36-20-9-8-19(14-20)35-3)25(31)28-23-16-26-22(15-27-23)17-4-5-17/h6-7,10-11,15-17,19-20H,4-5,8-9,12-14H2,1-3H3,(H,27,28,31)/t19-,20-/m1/s1. The smallest absolute Gasteiger partial charge is 0.279 e. The molecule has 1 aromatic carbocycles. The zero-order valence-electron chi connectivity index (χ0n) is 21.3. The van der Waals surface area contributed by atoms with Gasteiger partial charge in [-0.25, -0.2) is 13.4 Å². The summed E-state index contributed by atoms with van der Waals surface area (Å²) in [5.74, 6) is 0.206. The number of benzene rings is 1. The highest BCUT2D eigenvalue weighted by molar-refractivity contribution is 7.89. The number of amides is 1. The molecule has 200 valence electrons. The van der Waals surface area contributed by atoms with E-state index in [1.165, 1.54) is 48.9 Å². The van der Waals surface area contributed by atoms with Crippen LogP contribution in [0.4, 0.5) is 5.82 Å². The van der Waals surface area contributed by atoms with E-state index in [9.17, 15) is 13.2 Å². The number of nitrogens with one attached hydrogen (secondary N) is 1. The number of carbonyl (C=O) groups excluding carboxylic acids is 1. The number of rotatable bonds is 12. The van der Waals surface area contributed by atoms with Crippen molar-refractivity contribution in [3.05, 3.63) is 47.9 Å². The summed E-state index contributed by atoms with van der Waals surface area (Å²) in [5.41, 5.74) is 1.32. The normalized spacial score (nSPS) is 20.3. The van der Waals surface area contributed by atoms with Gasteiger partial charge in [0.1, 0.15) is 6.10 Å². The molecule has 2 aromatic rings. The van der Waals surface area contributed by atoms with Gasteiger partial charge in [0, 0.05) is 45.7 Å². The topological polar surface area (TPSA) is 132 Å². The van der Waals surface area contributed by atoms with Gasteiger partial charge in [0.25, 0.3) is 5.91 Å². The van der Waals surface area contributed by atoms with Crippen LogP contribution in [0.5, 0.6) is 0 Å². The van der Waals surface area contributed by atoms with Crippen LogP contribution in [0.15, 0.2) is 46.7 Å². The van der Waals surface area contributed by atoms with Gasteiger partial charge in [0.05, 0.1) is 35.7 Å². The van der Waals surface area contributed by atoms with Gasteiger partial charge in [0.2, 0.25) is 10.0 Å². The number of methoxy groups -OCH3 is 2. The molecule has 2 fully saturated rings. The van der Waals surface area contributed by atoms with Crippen LogP contribution < -0.4 is 5.32 Å². The van der Waals surface area contributed by atoms with Gasteiger partial charge in [-0.3, -0.25) is 9.78 Å². The van der Waals surface area contributed by atoms with E-state index in [1.54, 1.807) is 13.3 Å². The number of likely N-dealkylation sites (N-methyl/N-ethyl adjacent to an activating group) is 1. The molecule has 2 saturated carbocycles. The minimum atomic E-state index is -3.71. The Morgan fingerprint density at radius 2 is 1.81 bits per heavy atom. The molecule has 0 spiro atoms. The zero-order chi connectivity index (χ0) is 26.4. The summed E-state index contributed by atoms with van der Waals surface area (Å²) in [6.07, 6.45) is 7.60. The molecule has 1 heterocycles. The summed E-state index contributed by atoms with van der Waals surface area (Å²) in [6.45, 7) is 0.492. The lowest BCUT2D eigenvalue weighted by atomic mass is 10.1. The molecule has 11 nitrogen and oxygen atoms in total. The molecule has 1 N–H and O–H groups in total. The highest BCUT2D eigenvalue weighted by Gasteiger charge is 2.28. The summed E-state index contributed by atoms with van der Waals surface area (Å²) >= 11 is 0. The van der Waals surface area contributed by atoms with Crippen molar-refractivity contribution in [2.45, 2.75) is 55.1 Å². The Balaban J connectivity index is 1.54. The van der Waals surface area contributed by atoms with Crippen molar-refractivity contribution in [1.82, 2.24) is 14.3 Å². The predicted molar refractivity (Wildman–Crippen MR) is 137 cm³/mol. The Morgan fingerprint density at radius 3 is 2.41 bits per heavy atom. The summed E-state index contributed by atoms with van der Waals surface area (Å²) in [5, 5.41) is 6.91. The van der Waals surface area contributed by atoms with Crippen molar-refractivity contribution in [2.75, 3.05) is 39.7 Å². The second-order valence-corrected chi connectivity index (χ2v) is 11.3. The minimum absolute atomic E-state index is 0.00521. The van der Waals surface area contributed by atoms with Crippen LogP contribution >= 0.6 is 0 Å². The average molecular weight is 532 g/mol. The number of ether oxygens (including phenoxy) is 2. The molecule has 1 aromatic heterocycles. The van der Waals surface area contributed by atoms with Gasteiger partial charge in [-0.1, -0.05) is 17.3 Å². The molecule has 0 bridgehead atoms. The molecule has 0 saturated heterocycles. The van der Waals surface area contributed by atoms with Crippen LogP contribution in [0.25, 0.3) is 0 Å². The maximum Gasteiger partial charge on any atom is 0.279 e. The van der Waals surface area contributed by atoms with Gasteiger partial charge in [-0.15, -0.1) is 0 Å². The first-order valence-corrected chi connectivity index (χ1v) is 13.7. The summed E-state index contributed by atoms with van der Waals surface area (Å²) in [4.78, 5) is 27.7. The van der Waals surface area contributed by atoms with Crippen molar-refractivity contribution in [3.63, 3.8) is 0 Å². The maximum absolute atomic E-state index is 13.2. The average Bonchev–Trinajstić information content (AvgIpc) is 3.66. The first-order valence-electron chi connectivity index (χ1n) is 12.3. The molecule has 37 heavy (non-hydrogen) atoms. The van der Waals surface area contributed by atoms with Crippen LogP contribution in [0.1, 0.15) is 49.3 Å². The fraction of sp³-hybridized carbons (Fsp3) is 0.520. The highest BCUT2D eigenvalue weighted by Crippen LogP contribution is 2.38. The lowest BCUT2D eigenvalue weighted by Gasteiger charge is -2.17. The second-order valence-electron chi connectivity index (χ2n) is 9.24. The number of nitrogens with zero attached hydrogens (tertiary/aromatic N) is 4. The molecule has 0 radical (unpaired) electrons. The van der Waals surface area contributed by atoms with Crippen molar-refractivity contribution < 1.29 is 27.5 Å². The molecule has 0 unspecified atom stereocenters. The van der Waals surface area contributed by atoms with E-state index in [2.05, 4.69) is 20.4 Å². The first kappa shape index (κ1) is 27.1. The quantitative estimate of drug-likeness (QED) is 0.326. The fourth-order valence-electron chi connectivity index (χ4n) is 4.04. The van der Waals surface area contributed by atoms with Crippen LogP contribution in [-0.2, 0) is 29.1 Å². The number of aromatic nitrogens is 2. The fourth-order valence-corrected chi connectivity index (χ4v) is 5.19. The first-order chi connectivity index (χ1) is 17.8. The van der Waals surface area contributed by atoms with Gasteiger partial charge >= 0.3 is 0 Å². The number of oxime groups is 1. The van der Waals surface area contributed by atoms with Crippen LogP contribution in [-0.4, -0.2) is 80.9 Å². The van der Waals surface area contributed by atoms with Gasteiger partial charge in [0.15, 0.2) is 11.5 Å². The largest absolute Gasteiger partial charge is 0.392 e. The van der Waals surface area contributed by atoms with Gasteiger partial charge in [-0.2, -0.15) is 4.31 Å². The Hall–Kier alpha value is -2.93. The molecule has 2 aliphatic rings. The number of hydrogen-bond acceptors (Lipinski definition) is 9. The molecule has 4 rings (SSSR count). The minimum Gasteiger partial charge on any atom is -0.392 e. The van der Waals surface area contributed by atoms with Crippen LogP contribution in [0.3, 0.4) is 0 Å². The summed E-state index contributed by atoms with van der Waals surface area (Å²) in [7, 11) is 0.944. The monoisotopic (exact) mass is 531 g/mol. The Morgan fingerprint density at radius 1 is 1.08 bits per heavy atom. The summed E-state index contributed by atoms with van der Waals surface area (Å²) in [6, 6.07) is 5.95. The van der Waals surface area contributed by atoms with Gasteiger partial charge in [-0.05, 0) is 37.8 Å². The highest BCUT2D eigenvalue weighted by atomic mass is 32.2. The molecule has 1 amide bonds. The third kappa shape index (κ3) is 6.89. The van der Waals surface area contributed by atoms with E-state index in [0.29, 0.717) is 23.7 Å². The molecule has 0 aliphatic heterocycles. The van der Waals surface area contributed by atoms with E-state index in [4.69, 9.17) is 14.3 Å². The summed E-state index contributed by atoms with van der Waals surface area (Å²) < 4.78 is 37.3. The predicted octanol–water partition coefficient (Wildman–Crippen LogP) is 2.55. The van der Waals surface area contributed by atoms with Crippen LogP contribution in [0.2, 0.25) is 0 Å². The van der Waals surface area contributed by atoms with Crippen LogP contribution in [0, 0.1) is 0 Å². The third-order valence-electron chi connectivity index (χ3n) is 6.53. The number of carbonyl (C=O) groups is 1. The van der Waals surface area contributed by atoms with E-state index >= 15 is 0 Å². The molecule has 12 heteroatoms. The molecular formula is C25H33N5O6S. The van der Waals surface area contributed by atoms with Gasteiger partial charge < -0.3 is 19.6 Å². The number of sulfonamides is 1. The zero-order valence-corrected chi connectivity index (χ0v) is 22.1. The maximum atomic E-state index is 13.2. The van der Waals surface area contributed by atoms with E-state index < -0.39 is 15.9 Å². The van der Waals surface area contributed by atoms with E-state index in [1.807, 2.05) is 0 Å². The number of anilines is 1. The van der Waals surface area contributed by atoms with Crippen molar-refractivity contribution in [3.8, 4) is 0 Å². The Labute approximate surface area is 217 Å². The SMILES string of the molecule is COCCN(C)S(=O)(=O)c1ccc(C(=NO[C@@H]2CC[C@@H](OC)C2)C(=O)Nc2cnc(C3CC3)cn2)cc1. The van der Waals surface area contributed by atoms with Crippen molar-refractivity contribution in [2.24, 2.45) is 5.16 Å². The van der Waals surface area contributed by atoms with Crippen molar-refractivity contribution in [1.29, 1.82) is 0 Å². The molecule has 2 aliphatic carbocycles.